The van der Waals surface area contributed by atoms with Crippen molar-refractivity contribution < 1.29 is 18.2 Å². The molecule has 2 aromatic heterocycles. The monoisotopic (exact) mass is 368 g/mol. The van der Waals surface area contributed by atoms with E-state index in [1.54, 1.807) is 29.2 Å². The fraction of sp³-hybridized carbons (Fsp3) is 0.150. The molecule has 1 aromatic carbocycles. The maximum Gasteiger partial charge on any atom is 0.237 e. The van der Waals surface area contributed by atoms with Gasteiger partial charge in [-0.05, 0) is 54.4 Å². The van der Waals surface area contributed by atoms with E-state index in [9.17, 15) is 9.18 Å². The summed E-state index contributed by atoms with van der Waals surface area (Å²) >= 11 is 5.45. The van der Waals surface area contributed by atoms with Gasteiger partial charge in [0.1, 0.15) is 11.6 Å². The normalized spacial score (nSPS) is 12.8. The maximum atomic E-state index is 13.2. The molecule has 26 heavy (non-hydrogen) atoms. The molecule has 3 aromatic rings. The van der Waals surface area contributed by atoms with E-state index in [1.165, 1.54) is 24.3 Å². The van der Waals surface area contributed by atoms with Gasteiger partial charge in [-0.3, -0.25) is 4.79 Å². The smallest absolute Gasteiger partial charge is 0.237 e. The number of carbonyl (C=O) groups excluding carboxylic acids is 1. The third kappa shape index (κ3) is 4.21. The number of rotatable bonds is 6. The Labute approximate surface area is 156 Å². The first-order valence-electron chi connectivity index (χ1n) is 8.05. The number of halogens is 1. The van der Waals surface area contributed by atoms with Crippen LogP contribution >= 0.6 is 0 Å². The highest BCUT2D eigenvalue weighted by atomic mass is 32.1. The molecule has 132 valence electrons. The van der Waals surface area contributed by atoms with Crippen LogP contribution in [0.4, 0.5) is 4.39 Å². The number of aromatic nitrogens is 1. The van der Waals surface area contributed by atoms with Gasteiger partial charge in [0.15, 0.2) is 12.4 Å². The van der Waals surface area contributed by atoms with E-state index in [0.717, 1.165) is 5.56 Å². The van der Waals surface area contributed by atoms with E-state index in [0.29, 0.717) is 11.3 Å². The van der Waals surface area contributed by atoms with Crippen molar-refractivity contribution in [2.75, 3.05) is 0 Å². The van der Waals surface area contributed by atoms with Crippen molar-refractivity contribution in [1.82, 2.24) is 0 Å². The summed E-state index contributed by atoms with van der Waals surface area (Å²) in [6.07, 6.45) is 5.17. The Morgan fingerprint density at radius 1 is 1.23 bits per heavy atom. The molecule has 0 saturated heterocycles. The van der Waals surface area contributed by atoms with E-state index in [2.05, 4.69) is 4.99 Å². The fourth-order valence-electron chi connectivity index (χ4n) is 2.57. The first kappa shape index (κ1) is 17.9. The molecule has 0 aliphatic heterocycles. The number of hydrogen-bond donors (Lipinski definition) is 0. The van der Waals surface area contributed by atoms with E-state index in [4.69, 9.17) is 17.0 Å². The van der Waals surface area contributed by atoms with Crippen LogP contribution in [0.1, 0.15) is 27.7 Å². The van der Waals surface area contributed by atoms with Gasteiger partial charge in [-0.15, -0.1) is 0 Å². The van der Waals surface area contributed by atoms with Crippen LogP contribution in [-0.4, -0.2) is 10.8 Å². The Balaban J connectivity index is 1.97. The van der Waals surface area contributed by atoms with Crippen LogP contribution in [-0.2, 0) is 19.2 Å². The van der Waals surface area contributed by atoms with Crippen molar-refractivity contribution in [1.29, 1.82) is 0 Å². The molecule has 0 amide bonds. The molecule has 6 heteroatoms. The highest BCUT2D eigenvalue weighted by Crippen LogP contribution is 2.14. The molecule has 0 N–H and O–H groups in total. The van der Waals surface area contributed by atoms with Gasteiger partial charge in [0.2, 0.25) is 11.8 Å². The Morgan fingerprint density at radius 2 is 2.00 bits per heavy atom. The molecule has 0 fully saturated rings. The van der Waals surface area contributed by atoms with Gasteiger partial charge < -0.3 is 22.0 Å². The first-order chi connectivity index (χ1) is 12.5. The van der Waals surface area contributed by atoms with E-state index >= 15 is 0 Å². The molecule has 0 aliphatic carbocycles. The lowest BCUT2D eigenvalue weighted by atomic mass is 10.0. The number of Topliss-reactive ketones (excluding diaryl/α,β-unsaturated/α-hetero) is 1. The summed E-state index contributed by atoms with van der Waals surface area (Å²) in [5.41, 5.74) is 1.36. The number of pyridine rings is 1. The predicted molar refractivity (Wildman–Crippen MR) is 98.4 cm³/mol. The lowest BCUT2D eigenvalue weighted by molar-refractivity contribution is -0.692. The molecule has 0 saturated carbocycles. The van der Waals surface area contributed by atoms with Crippen LogP contribution in [0.3, 0.4) is 0 Å². The summed E-state index contributed by atoms with van der Waals surface area (Å²) in [5, 5.41) is 0.242. The number of nitrogens with zero attached hydrogens (tertiary/aromatic N) is 2. The second-order valence-electron chi connectivity index (χ2n) is 5.84. The van der Waals surface area contributed by atoms with Gasteiger partial charge >= 0.3 is 0 Å². The van der Waals surface area contributed by atoms with Gasteiger partial charge in [0.05, 0.1) is 12.8 Å². The molecular formula is C20H17FN2O2S. The average molecular weight is 368 g/mol. The fourth-order valence-corrected chi connectivity index (χ4v) is 2.86. The Bertz CT molecular complexity index is 921. The third-order valence-corrected chi connectivity index (χ3v) is 4.20. The van der Waals surface area contributed by atoms with Crippen molar-refractivity contribution in [2.24, 2.45) is 4.99 Å². The molecule has 0 aliphatic rings. The molecule has 0 bridgehead atoms. The maximum absolute atomic E-state index is 13.2. The SMILES string of the molecule is Cc1ccc[n+]([C@H](C(=O)c2ccc(F)cc2)C([S-])=NCc2ccco2)c1. The molecule has 0 unspecified atom stereocenters. The summed E-state index contributed by atoms with van der Waals surface area (Å²) in [4.78, 5) is 17.4. The van der Waals surface area contributed by atoms with Crippen molar-refractivity contribution in [3.63, 3.8) is 0 Å². The first-order valence-corrected chi connectivity index (χ1v) is 8.46. The van der Waals surface area contributed by atoms with Crippen molar-refractivity contribution >= 4 is 23.5 Å². The van der Waals surface area contributed by atoms with Crippen LogP contribution in [0.15, 0.2) is 76.6 Å². The quantitative estimate of drug-likeness (QED) is 0.220. The highest BCUT2D eigenvalue weighted by molar-refractivity contribution is 7.77. The summed E-state index contributed by atoms with van der Waals surface area (Å²) in [6.45, 7) is 2.18. The number of ketones is 1. The zero-order valence-corrected chi connectivity index (χ0v) is 14.9. The van der Waals surface area contributed by atoms with Crippen LogP contribution in [0.5, 0.6) is 0 Å². The second-order valence-corrected chi connectivity index (χ2v) is 6.25. The molecule has 1 atom stereocenters. The minimum atomic E-state index is -0.787. The highest BCUT2D eigenvalue weighted by Gasteiger charge is 2.28. The van der Waals surface area contributed by atoms with Gasteiger partial charge in [0.25, 0.3) is 0 Å². The number of hydrogen-bond acceptors (Lipinski definition) is 4. The molecule has 3 rings (SSSR count). The van der Waals surface area contributed by atoms with Gasteiger partial charge in [-0.2, -0.15) is 4.57 Å². The van der Waals surface area contributed by atoms with E-state index < -0.39 is 11.9 Å². The number of furan rings is 1. The number of carbonyl (C=O) groups is 1. The van der Waals surface area contributed by atoms with Crippen LogP contribution in [0.2, 0.25) is 0 Å². The zero-order chi connectivity index (χ0) is 18.5. The summed E-state index contributed by atoms with van der Waals surface area (Å²) in [5.74, 6) is 0.0229. The van der Waals surface area contributed by atoms with Crippen molar-refractivity contribution in [3.8, 4) is 0 Å². The largest absolute Gasteiger partial charge is 0.758 e. The number of aryl methyl sites for hydroxylation is 1. The van der Waals surface area contributed by atoms with Crippen LogP contribution in [0.25, 0.3) is 0 Å². The lowest BCUT2D eigenvalue weighted by Gasteiger charge is -2.18. The second kappa shape index (κ2) is 8.01. The van der Waals surface area contributed by atoms with Crippen molar-refractivity contribution in [3.05, 3.63) is 89.9 Å². The van der Waals surface area contributed by atoms with Crippen LogP contribution < -0.4 is 4.57 Å². The lowest BCUT2D eigenvalue weighted by Crippen LogP contribution is -2.47. The van der Waals surface area contributed by atoms with Crippen LogP contribution in [0, 0.1) is 12.7 Å². The number of aliphatic imine (C=N–C) groups is 1. The minimum absolute atomic E-state index is 0.242. The molecule has 4 nitrogen and oxygen atoms in total. The Hall–Kier alpha value is -2.86. The topological polar surface area (TPSA) is 46.5 Å². The summed E-state index contributed by atoms with van der Waals surface area (Å²) in [7, 11) is 0. The molecule has 2 heterocycles. The van der Waals surface area contributed by atoms with E-state index in [-0.39, 0.29) is 17.4 Å². The van der Waals surface area contributed by atoms with Gasteiger partial charge in [0, 0.05) is 17.2 Å². The van der Waals surface area contributed by atoms with E-state index in [1.807, 2.05) is 25.3 Å². The van der Waals surface area contributed by atoms with Crippen molar-refractivity contribution in [2.45, 2.75) is 19.5 Å². The predicted octanol–water partition coefficient (Wildman–Crippen LogP) is 3.58. The summed E-state index contributed by atoms with van der Waals surface area (Å²) in [6, 6.07) is 12.0. The zero-order valence-electron chi connectivity index (χ0n) is 14.1. The third-order valence-electron chi connectivity index (χ3n) is 3.85. The Kier molecular flexibility index (Phi) is 5.53. The molecule has 0 radical (unpaired) electrons. The van der Waals surface area contributed by atoms with Gasteiger partial charge in [-0.1, -0.05) is 0 Å². The standard InChI is InChI=1S/C20H17FN2O2S/c1-14-4-2-10-23(13-14)18(19(24)15-6-8-16(21)9-7-15)20(26)22-12-17-5-3-11-25-17/h2-11,13,18H,12H2,1H3/t18-/m1/s1. The average Bonchev–Trinajstić information content (AvgIpc) is 3.14. The molecular weight excluding hydrogens is 351 g/mol. The Morgan fingerprint density at radius 3 is 2.65 bits per heavy atom. The molecule has 0 spiro atoms. The summed E-state index contributed by atoms with van der Waals surface area (Å²) < 4.78 is 20.2. The number of benzene rings is 1. The minimum Gasteiger partial charge on any atom is -0.758 e. The van der Waals surface area contributed by atoms with Gasteiger partial charge in [-0.25, -0.2) is 4.39 Å².